The quantitative estimate of drug-likeness (QED) is 0.0715. The number of hydrogen-bond donors (Lipinski definition) is 0. The summed E-state index contributed by atoms with van der Waals surface area (Å²) in [6.07, 6.45) is 42.6. The molecule has 0 fully saturated rings. The Bertz CT molecular complexity index is 989. The molecule has 0 saturated heterocycles. The molecule has 2 aromatic rings. The number of rotatable bonds is 30. The van der Waals surface area contributed by atoms with Gasteiger partial charge in [0.1, 0.15) is 0 Å². The Morgan fingerprint density at radius 3 is 1.15 bits per heavy atom. The highest BCUT2D eigenvalue weighted by atomic mass is 79.9. The van der Waals surface area contributed by atoms with Gasteiger partial charge in [0, 0.05) is 9.89 Å². The topological polar surface area (TPSA) is 0 Å². The van der Waals surface area contributed by atoms with Crippen molar-refractivity contribution in [2.75, 3.05) is 0 Å². The van der Waals surface area contributed by atoms with E-state index in [1.54, 1.807) is 11.1 Å². The van der Waals surface area contributed by atoms with E-state index in [1.165, 1.54) is 208 Å². The van der Waals surface area contributed by atoms with Gasteiger partial charge in [-0.05, 0) is 41.2 Å². The van der Waals surface area contributed by atoms with E-state index in [4.69, 9.17) is 0 Å². The molecule has 1 heteroatoms. The molecule has 0 spiro atoms. The third-order valence-corrected chi connectivity index (χ3v) is 11.8. The molecule has 3 rings (SSSR count). The molecule has 0 amide bonds. The number of unbranched alkanes of at least 4 members (excludes halogenated alkanes) is 26. The van der Waals surface area contributed by atoms with E-state index in [2.05, 4.69) is 72.2 Å². The fraction of sp³-hybridized carbons (Fsp3) is 0.733. The van der Waals surface area contributed by atoms with E-state index < -0.39 is 0 Å². The van der Waals surface area contributed by atoms with Crippen molar-refractivity contribution in [2.45, 2.75) is 212 Å². The summed E-state index contributed by atoms with van der Waals surface area (Å²) in [5, 5.41) is 0. The normalized spacial score (nSPS) is 13.3. The molecule has 2 aromatic carbocycles. The van der Waals surface area contributed by atoms with Crippen molar-refractivity contribution in [1.82, 2.24) is 0 Å². The zero-order chi connectivity index (χ0) is 32.5. The Hall–Kier alpha value is -1.08. The number of fused-ring (bicyclic) bond motifs is 3. The van der Waals surface area contributed by atoms with Crippen molar-refractivity contribution in [3.05, 3.63) is 58.1 Å². The standard InChI is InChI=1S/C45H73Br/c1-3-5-7-9-11-13-15-17-19-21-23-25-27-31-38-45(39-32-28-26-24-22-20-18-16-14-12-10-8-6-4-2)42-36-30-29-34-40(42)41-35-33-37-43(46)44(41)45/h29-30,33-37H,3-28,31-32,38-39H2,1-2H3. The summed E-state index contributed by atoms with van der Waals surface area (Å²) in [4.78, 5) is 0. The van der Waals surface area contributed by atoms with Gasteiger partial charge in [0.05, 0.1) is 0 Å². The maximum Gasteiger partial charge on any atom is 0.0226 e. The summed E-state index contributed by atoms with van der Waals surface area (Å²) >= 11 is 4.05. The van der Waals surface area contributed by atoms with Crippen LogP contribution in [0.5, 0.6) is 0 Å². The molecule has 0 saturated carbocycles. The van der Waals surface area contributed by atoms with E-state index in [0.717, 1.165) is 0 Å². The fourth-order valence-corrected chi connectivity index (χ4v) is 9.14. The molecule has 0 radical (unpaired) electrons. The van der Waals surface area contributed by atoms with Crippen LogP contribution in [0.25, 0.3) is 11.1 Å². The SMILES string of the molecule is CCCCCCCCCCCCCCCCC1(CCCCCCCCCCCCCCCC)c2ccccc2-c2cccc(Br)c21. The summed E-state index contributed by atoms with van der Waals surface area (Å²) in [6, 6.07) is 16.3. The van der Waals surface area contributed by atoms with Crippen LogP contribution in [-0.2, 0) is 5.41 Å². The summed E-state index contributed by atoms with van der Waals surface area (Å²) in [5.41, 5.74) is 6.37. The second-order valence-corrected chi connectivity index (χ2v) is 15.8. The molecule has 0 N–H and O–H groups in total. The van der Waals surface area contributed by atoms with Crippen LogP contribution >= 0.6 is 15.9 Å². The lowest BCUT2D eigenvalue weighted by molar-refractivity contribution is 0.395. The zero-order valence-corrected chi connectivity index (χ0v) is 32.2. The fourth-order valence-electron chi connectivity index (χ4n) is 8.39. The van der Waals surface area contributed by atoms with Gasteiger partial charge in [0.15, 0.2) is 0 Å². The first-order valence-electron chi connectivity index (χ1n) is 20.6. The van der Waals surface area contributed by atoms with Crippen LogP contribution in [-0.4, -0.2) is 0 Å². The molecule has 0 aromatic heterocycles. The van der Waals surface area contributed by atoms with E-state index in [-0.39, 0.29) is 5.41 Å². The molecule has 0 nitrogen and oxygen atoms in total. The van der Waals surface area contributed by atoms with Crippen LogP contribution in [0.3, 0.4) is 0 Å². The molecule has 0 bridgehead atoms. The average Bonchev–Trinajstić information content (AvgIpc) is 3.35. The average molecular weight is 694 g/mol. The Labute approximate surface area is 295 Å². The highest BCUT2D eigenvalue weighted by Crippen LogP contribution is 2.56. The van der Waals surface area contributed by atoms with Crippen LogP contribution in [0.4, 0.5) is 0 Å². The molecule has 0 heterocycles. The molecular weight excluding hydrogens is 620 g/mol. The summed E-state index contributed by atoms with van der Waals surface area (Å²) in [5.74, 6) is 0. The maximum absolute atomic E-state index is 4.05. The predicted molar refractivity (Wildman–Crippen MR) is 210 cm³/mol. The lowest BCUT2D eigenvalue weighted by atomic mass is 9.70. The number of benzene rings is 2. The van der Waals surface area contributed by atoms with E-state index in [0.29, 0.717) is 0 Å². The monoisotopic (exact) mass is 692 g/mol. The second kappa shape index (κ2) is 25.0. The van der Waals surface area contributed by atoms with Gasteiger partial charge in [0.25, 0.3) is 0 Å². The Morgan fingerprint density at radius 2 is 0.739 bits per heavy atom. The smallest absolute Gasteiger partial charge is 0.0226 e. The first kappa shape index (κ1) is 39.4. The Kier molecular flexibility index (Phi) is 21.4. The highest BCUT2D eigenvalue weighted by molar-refractivity contribution is 9.10. The number of hydrogen-bond acceptors (Lipinski definition) is 0. The number of halogens is 1. The summed E-state index contributed by atoms with van der Waals surface area (Å²) in [7, 11) is 0. The summed E-state index contributed by atoms with van der Waals surface area (Å²) < 4.78 is 1.33. The molecular formula is C45H73Br. The van der Waals surface area contributed by atoms with Gasteiger partial charge in [-0.15, -0.1) is 0 Å². The van der Waals surface area contributed by atoms with Gasteiger partial charge in [-0.1, -0.05) is 246 Å². The predicted octanol–water partition coefficient (Wildman–Crippen LogP) is 16.5. The first-order valence-corrected chi connectivity index (χ1v) is 21.4. The Balaban J connectivity index is 1.39. The van der Waals surface area contributed by atoms with Crippen molar-refractivity contribution in [2.24, 2.45) is 0 Å². The molecule has 0 aliphatic heterocycles. The van der Waals surface area contributed by atoms with Crippen molar-refractivity contribution in [3.63, 3.8) is 0 Å². The lowest BCUT2D eigenvalue weighted by Gasteiger charge is -2.33. The molecule has 1 aliphatic carbocycles. The van der Waals surface area contributed by atoms with Gasteiger partial charge in [-0.25, -0.2) is 0 Å². The third-order valence-electron chi connectivity index (χ3n) is 11.1. The van der Waals surface area contributed by atoms with Crippen molar-refractivity contribution >= 4 is 15.9 Å². The van der Waals surface area contributed by atoms with Gasteiger partial charge in [0.2, 0.25) is 0 Å². The van der Waals surface area contributed by atoms with Gasteiger partial charge in [-0.3, -0.25) is 0 Å². The van der Waals surface area contributed by atoms with Crippen molar-refractivity contribution < 1.29 is 0 Å². The van der Waals surface area contributed by atoms with Crippen LogP contribution < -0.4 is 0 Å². The minimum atomic E-state index is 0.181. The third kappa shape index (κ3) is 13.8. The second-order valence-electron chi connectivity index (χ2n) is 15.0. The van der Waals surface area contributed by atoms with Gasteiger partial charge < -0.3 is 0 Å². The van der Waals surface area contributed by atoms with Crippen LogP contribution in [0.2, 0.25) is 0 Å². The zero-order valence-electron chi connectivity index (χ0n) is 30.6. The maximum atomic E-state index is 4.05. The van der Waals surface area contributed by atoms with Crippen molar-refractivity contribution in [3.8, 4) is 11.1 Å². The van der Waals surface area contributed by atoms with Crippen LogP contribution in [0, 0.1) is 0 Å². The molecule has 0 atom stereocenters. The largest absolute Gasteiger partial charge is 0.0654 e. The van der Waals surface area contributed by atoms with Gasteiger partial charge >= 0.3 is 0 Å². The molecule has 1 aliphatic rings. The summed E-state index contributed by atoms with van der Waals surface area (Å²) in [6.45, 7) is 4.62. The minimum absolute atomic E-state index is 0.181. The van der Waals surface area contributed by atoms with E-state index >= 15 is 0 Å². The molecule has 260 valence electrons. The van der Waals surface area contributed by atoms with Crippen LogP contribution in [0.1, 0.15) is 218 Å². The van der Waals surface area contributed by atoms with Crippen LogP contribution in [0.15, 0.2) is 46.9 Å². The van der Waals surface area contributed by atoms with E-state index in [1.807, 2.05) is 0 Å². The molecule has 0 unspecified atom stereocenters. The van der Waals surface area contributed by atoms with Crippen molar-refractivity contribution in [1.29, 1.82) is 0 Å². The minimum Gasteiger partial charge on any atom is -0.0654 e. The highest BCUT2D eigenvalue weighted by Gasteiger charge is 2.43. The van der Waals surface area contributed by atoms with Gasteiger partial charge in [-0.2, -0.15) is 0 Å². The lowest BCUT2D eigenvalue weighted by Crippen LogP contribution is -2.26. The molecule has 46 heavy (non-hydrogen) atoms. The van der Waals surface area contributed by atoms with E-state index in [9.17, 15) is 0 Å². The first-order chi connectivity index (χ1) is 22.7. The Morgan fingerprint density at radius 1 is 0.391 bits per heavy atom.